The molecule has 1 heterocycles. The van der Waals surface area contributed by atoms with E-state index in [1.54, 1.807) is 26.1 Å². The third kappa shape index (κ3) is 4.22. The van der Waals surface area contributed by atoms with Crippen LogP contribution >= 0.6 is 15.9 Å². The molecular weight excluding hydrogens is 288 g/mol. The molecule has 0 saturated carbocycles. The van der Waals surface area contributed by atoms with Crippen molar-refractivity contribution >= 4 is 27.7 Å². The highest BCUT2D eigenvalue weighted by Gasteiger charge is 2.18. The third-order valence-electron chi connectivity index (χ3n) is 2.19. The minimum Gasteiger partial charge on any atom is -0.452 e. The maximum absolute atomic E-state index is 11.8. The number of likely N-dealkylation sites (N-methyl/N-ethyl adjacent to an activating group) is 1. The number of nitrogens with one attached hydrogen (secondary N) is 1. The molecule has 0 aliphatic rings. The van der Waals surface area contributed by atoms with Crippen LogP contribution in [0.15, 0.2) is 21.2 Å². The van der Waals surface area contributed by atoms with Gasteiger partial charge in [0.25, 0.3) is 0 Å². The summed E-state index contributed by atoms with van der Waals surface area (Å²) in [6.45, 7) is 3.40. The fourth-order valence-electron chi connectivity index (χ4n) is 1.45. The molecule has 0 unspecified atom stereocenters. The summed E-state index contributed by atoms with van der Waals surface area (Å²) in [4.78, 5) is 24.2. The van der Waals surface area contributed by atoms with Crippen molar-refractivity contribution in [3.63, 3.8) is 0 Å². The molecule has 0 spiro atoms. The van der Waals surface area contributed by atoms with Crippen molar-refractivity contribution in [1.29, 1.82) is 0 Å². The molecule has 2 amide bonds. The van der Waals surface area contributed by atoms with Crippen molar-refractivity contribution in [3.8, 4) is 0 Å². The van der Waals surface area contributed by atoms with Gasteiger partial charge in [-0.3, -0.25) is 9.59 Å². The van der Waals surface area contributed by atoms with E-state index in [4.69, 9.17) is 4.42 Å². The summed E-state index contributed by atoms with van der Waals surface area (Å²) in [7, 11) is 1.66. The zero-order valence-corrected chi connectivity index (χ0v) is 11.6. The molecule has 6 heteroatoms. The molecule has 1 aromatic rings. The summed E-state index contributed by atoms with van der Waals surface area (Å²) in [5.74, 6) is 0.301. The fraction of sp³-hybridized carbons (Fsp3) is 0.455. The number of furan rings is 1. The van der Waals surface area contributed by atoms with E-state index in [-0.39, 0.29) is 11.8 Å². The zero-order chi connectivity index (χ0) is 13.0. The predicted molar refractivity (Wildman–Crippen MR) is 66.2 cm³/mol. The predicted octanol–water partition coefficient (Wildman–Crippen LogP) is 1.53. The van der Waals surface area contributed by atoms with Gasteiger partial charge in [0.2, 0.25) is 11.8 Å². The molecule has 0 radical (unpaired) electrons. The molecule has 1 N–H and O–H groups in total. The van der Waals surface area contributed by atoms with Gasteiger partial charge >= 0.3 is 0 Å². The highest BCUT2D eigenvalue weighted by Crippen LogP contribution is 2.15. The van der Waals surface area contributed by atoms with Gasteiger partial charge in [-0.15, -0.1) is 0 Å². The SMILES string of the molecule is CC(=O)N[C@@H](C)C(=O)N(C)Cc1ccc(Br)o1. The van der Waals surface area contributed by atoms with Crippen LogP contribution in [0.5, 0.6) is 0 Å². The number of hydrogen-bond acceptors (Lipinski definition) is 3. The Labute approximate surface area is 108 Å². The summed E-state index contributed by atoms with van der Waals surface area (Å²) in [6.07, 6.45) is 0. The summed E-state index contributed by atoms with van der Waals surface area (Å²) in [5, 5.41) is 2.54. The molecule has 5 nitrogen and oxygen atoms in total. The van der Waals surface area contributed by atoms with Crippen molar-refractivity contribution < 1.29 is 14.0 Å². The Balaban J connectivity index is 2.55. The van der Waals surface area contributed by atoms with Crippen LogP contribution in [0.4, 0.5) is 0 Å². The number of amides is 2. The van der Waals surface area contributed by atoms with E-state index in [9.17, 15) is 9.59 Å². The Morgan fingerprint density at radius 1 is 1.53 bits per heavy atom. The lowest BCUT2D eigenvalue weighted by molar-refractivity contribution is -0.135. The van der Waals surface area contributed by atoms with Crippen molar-refractivity contribution in [2.45, 2.75) is 26.4 Å². The van der Waals surface area contributed by atoms with Gasteiger partial charge in [-0.25, -0.2) is 0 Å². The Kier molecular flexibility index (Phi) is 4.74. The molecule has 0 saturated heterocycles. The minimum atomic E-state index is -0.532. The molecular formula is C11H15BrN2O3. The Hall–Kier alpha value is -1.30. The molecule has 1 aromatic heterocycles. The summed E-state index contributed by atoms with van der Waals surface area (Å²) < 4.78 is 5.93. The lowest BCUT2D eigenvalue weighted by atomic mass is 10.3. The largest absolute Gasteiger partial charge is 0.452 e. The quantitative estimate of drug-likeness (QED) is 0.917. The summed E-state index contributed by atoms with van der Waals surface area (Å²) >= 11 is 3.19. The standard InChI is InChI=1S/C11H15BrN2O3/c1-7(13-8(2)15)11(16)14(3)6-9-4-5-10(12)17-9/h4-5,7H,6H2,1-3H3,(H,13,15)/t7-/m0/s1. The summed E-state index contributed by atoms with van der Waals surface area (Å²) in [6, 6.07) is 3.03. The first kappa shape index (κ1) is 13.8. The van der Waals surface area contributed by atoms with Gasteiger partial charge in [-0.05, 0) is 35.0 Å². The molecule has 0 bridgehead atoms. The van der Waals surface area contributed by atoms with Gasteiger partial charge in [0.15, 0.2) is 4.67 Å². The van der Waals surface area contributed by atoms with E-state index in [0.29, 0.717) is 17.0 Å². The van der Waals surface area contributed by atoms with E-state index >= 15 is 0 Å². The van der Waals surface area contributed by atoms with Gasteiger partial charge in [-0.2, -0.15) is 0 Å². The monoisotopic (exact) mass is 302 g/mol. The van der Waals surface area contributed by atoms with Crippen LogP contribution in [0.25, 0.3) is 0 Å². The van der Waals surface area contributed by atoms with E-state index < -0.39 is 6.04 Å². The Morgan fingerprint density at radius 3 is 2.65 bits per heavy atom. The topological polar surface area (TPSA) is 62.6 Å². The second-order valence-corrected chi connectivity index (χ2v) is 4.60. The van der Waals surface area contributed by atoms with Crippen molar-refractivity contribution in [3.05, 3.63) is 22.6 Å². The average molecular weight is 303 g/mol. The van der Waals surface area contributed by atoms with Crippen molar-refractivity contribution in [2.24, 2.45) is 0 Å². The number of carbonyl (C=O) groups excluding carboxylic acids is 2. The average Bonchev–Trinajstić information content (AvgIpc) is 2.61. The minimum absolute atomic E-state index is 0.160. The molecule has 1 rings (SSSR count). The van der Waals surface area contributed by atoms with Gasteiger partial charge in [-0.1, -0.05) is 0 Å². The third-order valence-corrected chi connectivity index (χ3v) is 2.61. The first-order valence-electron chi connectivity index (χ1n) is 5.16. The number of hydrogen-bond donors (Lipinski definition) is 1. The second kappa shape index (κ2) is 5.86. The summed E-state index contributed by atoms with van der Waals surface area (Å²) in [5.41, 5.74) is 0. The highest BCUT2D eigenvalue weighted by molar-refractivity contribution is 9.10. The van der Waals surface area contributed by atoms with Crippen LogP contribution in [-0.4, -0.2) is 29.8 Å². The maximum Gasteiger partial charge on any atom is 0.245 e. The normalized spacial score (nSPS) is 12.0. The van der Waals surface area contributed by atoms with E-state index in [0.717, 1.165) is 0 Å². The first-order valence-corrected chi connectivity index (χ1v) is 5.95. The van der Waals surface area contributed by atoms with E-state index in [1.165, 1.54) is 11.8 Å². The van der Waals surface area contributed by atoms with Gasteiger partial charge in [0, 0.05) is 14.0 Å². The van der Waals surface area contributed by atoms with E-state index in [1.807, 2.05) is 0 Å². The maximum atomic E-state index is 11.8. The molecule has 0 aliphatic carbocycles. The van der Waals surface area contributed by atoms with Gasteiger partial charge in [0.05, 0.1) is 6.54 Å². The Morgan fingerprint density at radius 2 is 2.18 bits per heavy atom. The lowest BCUT2D eigenvalue weighted by Gasteiger charge is -2.20. The van der Waals surface area contributed by atoms with Crippen LogP contribution in [-0.2, 0) is 16.1 Å². The van der Waals surface area contributed by atoms with Gasteiger partial charge in [0.1, 0.15) is 11.8 Å². The van der Waals surface area contributed by atoms with Crippen LogP contribution in [0, 0.1) is 0 Å². The van der Waals surface area contributed by atoms with E-state index in [2.05, 4.69) is 21.2 Å². The molecule has 0 fully saturated rings. The lowest BCUT2D eigenvalue weighted by Crippen LogP contribution is -2.44. The molecule has 94 valence electrons. The van der Waals surface area contributed by atoms with Crippen LogP contribution < -0.4 is 5.32 Å². The molecule has 17 heavy (non-hydrogen) atoms. The molecule has 0 aromatic carbocycles. The fourth-order valence-corrected chi connectivity index (χ4v) is 1.79. The number of rotatable bonds is 4. The zero-order valence-electron chi connectivity index (χ0n) is 9.99. The number of halogens is 1. The second-order valence-electron chi connectivity index (χ2n) is 3.82. The smallest absolute Gasteiger partial charge is 0.245 e. The number of nitrogens with zero attached hydrogens (tertiary/aromatic N) is 1. The number of carbonyl (C=O) groups is 2. The van der Waals surface area contributed by atoms with Crippen molar-refractivity contribution in [1.82, 2.24) is 10.2 Å². The molecule has 1 atom stereocenters. The highest BCUT2D eigenvalue weighted by atomic mass is 79.9. The van der Waals surface area contributed by atoms with Crippen LogP contribution in [0.1, 0.15) is 19.6 Å². The van der Waals surface area contributed by atoms with Crippen molar-refractivity contribution in [2.75, 3.05) is 7.05 Å². The van der Waals surface area contributed by atoms with Crippen LogP contribution in [0.3, 0.4) is 0 Å². The first-order chi connectivity index (χ1) is 7.90. The Bertz CT molecular complexity index is 417. The molecule has 0 aliphatic heterocycles. The van der Waals surface area contributed by atoms with Crippen LogP contribution in [0.2, 0.25) is 0 Å². The van der Waals surface area contributed by atoms with Gasteiger partial charge < -0.3 is 14.6 Å².